The van der Waals surface area contributed by atoms with Gasteiger partial charge in [-0.25, -0.2) is 0 Å². The van der Waals surface area contributed by atoms with Gasteiger partial charge in [0, 0.05) is 57.8 Å². The van der Waals surface area contributed by atoms with Gasteiger partial charge in [0.2, 0.25) is 5.91 Å². The Hall–Kier alpha value is -1.11. The van der Waals surface area contributed by atoms with E-state index in [1.165, 1.54) is 0 Å². The molecule has 134 valence electrons. The second-order valence-electron chi connectivity index (χ2n) is 7.06. The SMILES string of the molecule is CNCCN1C(=O)CC[C@H]2CN(Cc3c(C)nn(C)c3Cl)CC[C@H]21. The molecule has 1 aromatic rings. The van der Waals surface area contributed by atoms with Crippen LogP contribution < -0.4 is 5.32 Å². The van der Waals surface area contributed by atoms with Crippen LogP contribution in [0.1, 0.15) is 30.5 Å². The highest BCUT2D eigenvalue weighted by Crippen LogP contribution is 2.32. The van der Waals surface area contributed by atoms with Gasteiger partial charge in [0.25, 0.3) is 0 Å². The predicted octanol–water partition coefficient (Wildman–Crippen LogP) is 1.41. The fraction of sp³-hybridized carbons (Fsp3) is 0.765. The molecule has 24 heavy (non-hydrogen) atoms. The number of likely N-dealkylation sites (N-methyl/N-ethyl adjacent to an activating group) is 1. The van der Waals surface area contributed by atoms with Crippen LogP contribution in [0.15, 0.2) is 0 Å². The van der Waals surface area contributed by atoms with Gasteiger partial charge in [-0.05, 0) is 32.7 Å². The van der Waals surface area contributed by atoms with E-state index in [-0.39, 0.29) is 0 Å². The van der Waals surface area contributed by atoms with E-state index in [1.54, 1.807) is 4.68 Å². The molecule has 0 aliphatic carbocycles. The van der Waals surface area contributed by atoms with Gasteiger partial charge in [0.05, 0.1) is 5.69 Å². The first kappa shape index (κ1) is 17.7. The number of rotatable bonds is 5. The number of carbonyl (C=O) groups is 1. The smallest absolute Gasteiger partial charge is 0.222 e. The molecule has 6 nitrogen and oxygen atoms in total. The van der Waals surface area contributed by atoms with Crippen LogP contribution in [0.2, 0.25) is 5.15 Å². The van der Waals surface area contributed by atoms with Crippen LogP contribution in [0.3, 0.4) is 0 Å². The molecule has 1 amide bonds. The molecular formula is C17H28ClN5O. The Kier molecular flexibility index (Phi) is 5.47. The van der Waals surface area contributed by atoms with Crippen LogP contribution in [0.25, 0.3) is 0 Å². The number of aryl methyl sites for hydroxylation is 2. The fourth-order valence-electron chi connectivity index (χ4n) is 4.17. The quantitative estimate of drug-likeness (QED) is 0.869. The summed E-state index contributed by atoms with van der Waals surface area (Å²) in [5.41, 5.74) is 2.15. The summed E-state index contributed by atoms with van der Waals surface area (Å²) in [6, 6.07) is 0.404. The third-order valence-electron chi connectivity index (χ3n) is 5.48. The predicted molar refractivity (Wildman–Crippen MR) is 95.0 cm³/mol. The second kappa shape index (κ2) is 7.42. The van der Waals surface area contributed by atoms with Gasteiger partial charge < -0.3 is 10.2 Å². The number of piperidine rings is 2. The van der Waals surface area contributed by atoms with Crippen molar-refractivity contribution in [3.63, 3.8) is 0 Å². The van der Waals surface area contributed by atoms with Crippen LogP contribution in [0.4, 0.5) is 0 Å². The summed E-state index contributed by atoms with van der Waals surface area (Å²) in [7, 11) is 3.83. The number of aromatic nitrogens is 2. The van der Waals surface area contributed by atoms with Gasteiger partial charge in [-0.1, -0.05) is 11.6 Å². The van der Waals surface area contributed by atoms with Crippen molar-refractivity contribution in [1.29, 1.82) is 0 Å². The Morgan fingerprint density at radius 2 is 2.17 bits per heavy atom. The lowest BCUT2D eigenvalue weighted by Gasteiger charge is -2.47. The molecule has 3 heterocycles. The molecule has 3 rings (SSSR count). The highest BCUT2D eigenvalue weighted by atomic mass is 35.5. The van der Waals surface area contributed by atoms with E-state index in [2.05, 4.69) is 20.2 Å². The number of carbonyl (C=O) groups excluding carboxylic acids is 1. The average Bonchev–Trinajstić information content (AvgIpc) is 2.80. The third kappa shape index (κ3) is 3.46. The van der Waals surface area contributed by atoms with Crippen molar-refractivity contribution < 1.29 is 4.79 Å². The number of likely N-dealkylation sites (tertiary alicyclic amines) is 2. The number of hydrogen-bond donors (Lipinski definition) is 1. The van der Waals surface area contributed by atoms with Crippen molar-refractivity contribution in [2.45, 2.75) is 38.8 Å². The topological polar surface area (TPSA) is 53.4 Å². The molecule has 1 aromatic heterocycles. The van der Waals surface area contributed by atoms with Crippen molar-refractivity contribution in [2.24, 2.45) is 13.0 Å². The van der Waals surface area contributed by atoms with E-state index >= 15 is 0 Å². The normalized spacial score (nSPS) is 25.2. The van der Waals surface area contributed by atoms with Crippen molar-refractivity contribution in [3.05, 3.63) is 16.4 Å². The Balaban J connectivity index is 1.65. The molecular weight excluding hydrogens is 326 g/mol. The number of nitrogens with one attached hydrogen (secondary N) is 1. The first-order chi connectivity index (χ1) is 11.5. The van der Waals surface area contributed by atoms with Crippen molar-refractivity contribution in [3.8, 4) is 0 Å². The van der Waals surface area contributed by atoms with Gasteiger partial charge in [-0.15, -0.1) is 0 Å². The molecule has 0 spiro atoms. The molecule has 2 fully saturated rings. The average molecular weight is 354 g/mol. The van der Waals surface area contributed by atoms with Gasteiger partial charge in [-0.2, -0.15) is 5.10 Å². The van der Waals surface area contributed by atoms with Crippen LogP contribution >= 0.6 is 11.6 Å². The number of hydrogen-bond acceptors (Lipinski definition) is 4. The van der Waals surface area contributed by atoms with Crippen LogP contribution in [0, 0.1) is 12.8 Å². The van der Waals surface area contributed by atoms with Crippen LogP contribution in [0.5, 0.6) is 0 Å². The van der Waals surface area contributed by atoms with E-state index in [4.69, 9.17) is 11.6 Å². The van der Waals surface area contributed by atoms with Gasteiger partial charge in [0.15, 0.2) is 0 Å². The van der Waals surface area contributed by atoms with Crippen molar-refractivity contribution in [1.82, 2.24) is 24.9 Å². The minimum Gasteiger partial charge on any atom is -0.338 e. The molecule has 0 bridgehead atoms. The fourth-order valence-corrected chi connectivity index (χ4v) is 4.40. The summed E-state index contributed by atoms with van der Waals surface area (Å²) in [5, 5.41) is 8.31. The Morgan fingerprint density at radius 3 is 2.83 bits per heavy atom. The van der Waals surface area contributed by atoms with E-state index < -0.39 is 0 Å². The maximum absolute atomic E-state index is 12.3. The van der Waals surface area contributed by atoms with E-state index in [1.807, 2.05) is 21.0 Å². The summed E-state index contributed by atoms with van der Waals surface area (Å²) >= 11 is 6.38. The summed E-state index contributed by atoms with van der Waals surface area (Å²) in [6.07, 6.45) is 2.75. The lowest BCUT2D eigenvalue weighted by atomic mass is 9.83. The molecule has 7 heteroatoms. The highest BCUT2D eigenvalue weighted by Gasteiger charge is 2.39. The standard InChI is InChI=1S/C17H28ClN5O/c1-12-14(17(18)21(3)20-12)11-22-8-6-15-13(10-22)4-5-16(24)23(15)9-7-19-2/h13,15,19H,4-11H2,1-3H3/t13-,15+/m0/s1. The Bertz CT molecular complexity index is 602. The first-order valence-corrected chi connectivity index (χ1v) is 9.23. The first-order valence-electron chi connectivity index (χ1n) is 8.85. The lowest BCUT2D eigenvalue weighted by molar-refractivity contribution is -0.141. The maximum Gasteiger partial charge on any atom is 0.222 e. The number of fused-ring (bicyclic) bond motifs is 1. The van der Waals surface area contributed by atoms with Crippen molar-refractivity contribution in [2.75, 3.05) is 33.2 Å². The van der Waals surface area contributed by atoms with E-state index in [9.17, 15) is 4.79 Å². The monoisotopic (exact) mass is 353 g/mol. The number of amides is 1. The van der Waals surface area contributed by atoms with Gasteiger partial charge in [0.1, 0.15) is 5.15 Å². The highest BCUT2D eigenvalue weighted by molar-refractivity contribution is 6.30. The molecule has 2 aliphatic rings. The molecule has 1 N–H and O–H groups in total. The summed E-state index contributed by atoms with van der Waals surface area (Å²) in [6.45, 7) is 6.61. The van der Waals surface area contributed by atoms with Gasteiger partial charge in [-0.3, -0.25) is 14.4 Å². The van der Waals surface area contributed by atoms with E-state index in [0.29, 0.717) is 24.3 Å². The molecule has 0 unspecified atom stereocenters. The Morgan fingerprint density at radius 1 is 1.38 bits per heavy atom. The summed E-state index contributed by atoms with van der Waals surface area (Å²) < 4.78 is 1.75. The molecule has 0 aromatic carbocycles. The number of halogens is 1. The molecule has 2 atom stereocenters. The van der Waals surface area contributed by atoms with Gasteiger partial charge >= 0.3 is 0 Å². The summed E-state index contributed by atoms with van der Waals surface area (Å²) in [5.74, 6) is 0.898. The van der Waals surface area contributed by atoms with E-state index in [0.717, 1.165) is 62.0 Å². The minimum absolute atomic E-state index is 0.325. The molecule has 0 radical (unpaired) electrons. The maximum atomic E-state index is 12.3. The van der Waals surface area contributed by atoms with Crippen LogP contribution in [-0.2, 0) is 18.4 Å². The lowest BCUT2D eigenvalue weighted by Crippen LogP contribution is -2.56. The zero-order valence-electron chi connectivity index (χ0n) is 14.9. The summed E-state index contributed by atoms with van der Waals surface area (Å²) in [4.78, 5) is 16.9. The largest absolute Gasteiger partial charge is 0.338 e. The minimum atomic E-state index is 0.325. The third-order valence-corrected chi connectivity index (χ3v) is 5.95. The molecule has 2 saturated heterocycles. The molecule has 0 saturated carbocycles. The number of nitrogens with zero attached hydrogens (tertiary/aromatic N) is 4. The Labute approximate surface area is 149 Å². The zero-order chi connectivity index (χ0) is 17.3. The van der Waals surface area contributed by atoms with Crippen LogP contribution in [-0.4, -0.2) is 64.8 Å². The zero-order valence-corrected chi connectivity index (χ0v) is 15.6. The molecule has 2 aliphatic heterocycles. The van der Waals surface area contributed by atoms with Crippen molar-refractivity contribution >= 4 is 17.5 Å². The second-order valence-corrected chi connectivity index (χ2v) is 7.42.